The van der Waals surface area contributed by atoms with Crippen LogP contribution in [0.15, 0.2) is 24.3 Å². The third-order valence-corrected chi connectivity index (χ3v) is 5.70. The van der Waals surface area contributed by atoms with Gasteiger partial charge in [0, 0.05) is 37.4 Å². The van der Waals surface area contributed by atoms with E-state index in [4.69, 9.17) is 19.4 Å². The summed E-state index contributed by atoms with van der Waals surface area (Å²) >= 11 is 0. The molecule has 2 atom stereocenters. The van der Waals surface area contributed by atoms with Gasteiger partial charge < -0.3 is 35.4 Å². The predicted molar refractivity (Wildman–Crippen MR) is 126 cm³/mol. The first-order chi connectivity index (χ1) is 16.0. The summed E-state index contributed by atoms with van der Waals surface area (Å²) in [6.45, 7) is 5.50. The Balaban J connectivity index is 1.64. The molecule has 1 aromatic carbocycles. The van der Waals surface area contributed by atoms with Crippen LogP contribution in [0.25, 0.3) is 11.4 Å². The molecule has 1 aromatic heterocycles. The van der Waals surface area contributed by atoms with E-state index in [2.05, 4.69) is 16.0 Å². The third kappa shape index (κ3) is 5.89. The van der Waals surface area contributed by atoms with Gasteiger partial charge in [-0.25, -0.2) is 9.97 Å². The maximum atomic E-state index is 12.0. The highest BCUT2D eigenvalue weighted by Crippen LogP contribution is 2.30. The first-order valence-corrected chi connectivity index (χ1v) is 11.3. The first kappa shape index (κ1) is 23.2. The average Bonchev–Trinajstić information content (AvgIpc) is 3.32. The number of rotatable bonds is 9. The van der Waals surface area contributed by atoms with Crippen molar-refractivity contribution in [2.24, 2.45) is 0 Å². The number of likely N-dealkylation sites (N-methyl/N-ethyl adjacent to an activating group) is 1. The maximum Gasteiger partial charge on any atom is 0.239 e. The molecular weight excluding hydrogens is 424 g/mol. The van der Waals surface area contributed by atoms with Crippen LogP contribution in [0.4, 0.5) is 11.6 Å². The van der Waals surface area contributed by atoms with Crippen molar-refractivity contribution >= 4 is 17.5 Å². The normalized spacial score (nSPS) is 19.3. The largest absolute Gasteiger partial charge is 0.491 e. The van der Waals surface area contributed by atoms with E-state index in [-0.39, 0.29) is 25.1 Å². The third-order valence-electron chi connectivity index (χ3n) is 5.70. The summed E-state index contributed by atoms with van der Waals surface area (Å²) in [6.07, 6.45) is 0.314. The number of ether oxygens (including phenoxy) is 2. The molecule has 2 aliphatic rings. The molecular formula is C23H32N6O4. The number of amides is 1. The van der Waals surface area contributed by atoms with Crippen LogP contribution in [0, 0.1) is 6.92 Å². The molecule has 10 heteroatoms. The van der Waals surface area contributed by atoms with Crippen molar-refractivity contribution in [2.45, 2.75) is 25.5 Å². The molecule has 2 aliphatic heterocycles. The molecule has 0 spiro atoms. The van der Waals surface area contributed by atoms with Crippen molar-refractivity contribution < 1.29 is 19.4 Å². The van der Waals surface area contributed by atoms with Crippen molar-refractivity contribution in [1.29, 1.82) is 0 Å². The lowest BCUT2D eigenvalue weighted by Gasteiger charge is -2.30. The molecule has 3 heterocycles. The Bertz CT molecular complexity index is 966. The molecule has 10 nitrogen and oxygen atoms in total. The first-order valence-electron chi connectivity index (χ1n) is 11.3. The molecule has 2 saturated heterocycles. The summed E-state index contributed by atoms with van der Waals surface area (Å²) in [6, 6.07) is 7.70. The predicted octanol–water partition coefficient (Wildman–Crippen LogP) is 0.548. The van der Waals surface area contributed by atoms with Crippen molar-refractivity contribution in [3.8, 4) is 17.1 Å². The lowest BCUT2D eigenvalue weighted by Crippen LogP contribution is -2.48. The quantitative estimate of drug-likeness (QED) is 0.429. The summed E-state index contributed by atoms with van der Waals surface area (Å²) < 4.78 is 11.3. The number of nitrogens with one attached hydrogen (secondary N) is 3. The van der Waals surface area contributed by atoms with Crippen LogP contribution >= 0.6 is 0 Å². The van der Waals surface area contributed by atoms with Gasteiger partial charge in [0.15, 0.2) is 5.82 Å². The van der Waals surface area contributed by atoms with Gasteiger partial charge in [-0.2, -0.15) is 0 Å². The number of carbonyl (C=O) groups is 1. The van der Waals surface area contributed by atoms with Crippen LogP contribution in [0.3, 0.4) is 0 Å². The number of nitrogens with zero attached hydrogens (tertiary/aromatic N) is 3. The Morgan fingerprint density at radius 1 is 1.39 bits per heavy atom. The number of aromatic nitrogens is 2. The number of aliphatic hydroxyl groups is 1. The Hall–Kier alpha value is -2.95. The van der Waals surface area contributed by atoms with E-state index in [1.165, 1.54) is 0 Å². The van der Waals surface area contributed by atoms with E-state index in [1.54, 1.807) is 7.05 Å². The highest BCUT2D eigenvalue weighted by atomic mass is 16.5. The van der Waals surface area contributed by atoms with Crippen LogP contribution < -0.4 is 25.6 Å². The lowest BCUT2D eigenvalue weighted by molar-refractivity contribution is -0.120. The summed E-state index contributed by atoms with van der Waals surface area (Å²) in [5.41, 5.74) is 1.70. The Kier molecular flexibility index (Phi) is 7.58. The van der Waals surface area contributed by atoms with Crippen LogP contribution in [0.1, 0.15) is 12.0 Å². The minimum atomic E-state index is -0.601. The Labute approximate surface area is 193 Å². The Morgan fingerprint density at radius 3 is 3.03 bits per heavy atom. The number of aliphatic hydroxyl groups excluding tert-OH is 1. The molecule has 2 aromatic rings. The van der Waals surface area contributed by atoms with Crippen molar-refractivity contribution in [3.63, 3.8) is 0 Å². The smallest absolute Gasteiger partial charge is 0.239 e. The summed E-state index contributed by atoms with van der Waals surface area (Å²) in [5.74, 6) is 2.64. The summed E-state index contributed by atoms with van der Waals surface area (Å²) in [4.78, 5) is 23.7. The number of anilines is 2. The summed E-state index contributed by atoms with van der Waals surface area (Å²) in [7, 11) is 1.78. The Morgan fingerprint density at radius 2 is 2.27 bits per heavy atom. The number of benzene rings is 1. The monoisotopic (exact) mass is 456 g/mol. The fourth-order valence-electron chi connectivity index (χ4n) is 3.96. The zero-order valence-corrected chi connectivity index (χ0v) is 19.1. The minimum Gasteiger partial charge on any atom is -0.491 e. The second-order valence-electron chi connectivity index (χ2n) is 8.37. The fraction of sp³-hybridized carbons (Fsp3) is 0.522. The molecule has 1 amide bonds. The van der Waals surface area contributed by atoms with Gasteiger partial charge in [-0.3, -0.25) is 4.79 Å². The zero-order valence-electron chi connectivity index (χ0n) is 19.1. The number of piperazine rings is 1. The topological polar surface area (TPSA) is 121 Å². The fourth-order valence-corrected chi connectivity index (χ4v) is 3.96. The van der Waals surface area contributed by atoms with Gasteiger partial charge in [0.25, 0.3) is 0 Å². The number of hydrogen-bond donors (Lipinski definition) is 4. The van der Waals surface area contributed by atoms with E-state index in [0.717, 1.165) is 35.8 Å². The lowest BCUT2D eigenvalue weighted by atomic mass is 10.1. The van der Waals surface area contributed by atoms with Crippen molar-refractivity contribution in [2.75, 3.05) is 63.3 Å². The average molecular weight is 457 g/mol. The molecule has 0 radical (unpaired) electrons. The maximum absolute atomic E-state index is 12.0. The molecule has 0 aliphatic carbocycles. The van der Waals surface area contributed by atoms with Crippen LogP contribution in [-0.2, 0) is 9.53 Å². The molecule has 4 N–H and O–H groups in total. The highest BCUT2D eigenvalue weighted by molar-refractivity contribution is 5.83. The molecule has 0 saturated carbocycles. The number of hydrogen-bond acceptors (Lipinski definition) is 9. The highest BCUT2D eigenvalue weighted by Gasteiger charge is 2.24. The minimum absolute atomic E-state index is 0.0185. The zero-order chi connectivity index (χ0) is 23.2. The van der Waals surface area contributed by atoms with Gasteiger partial charge in [0.05, 0.1) is 19.2 Å². The van der Waals surface area contributed by atoms with Gasteiger partial charge in [0.1, 0.15) is 30.1 Å². The molecule has 0 bridgehead atoms. The van der Waals surface area contributed by atoms with Crippen LogP contribution in [0.2, 0.25) is 0 Å². The van der Waals surface area contributed by atoms with Gasteiger partial charge in [-0.05, 0) is 32.5 Å². The molecule has 4 rings (SSSR count). The van der Waals surface area contributed by atoms with Gasteiger partial charge in [-0.15, -0.1) is 0 Å². The number of carbonyl (C=O) groups excluding carboxylic acids is 1. The van der Waals surface area contributed by atoms with E-state index in [1.807, 2.05) is 36.1 Å². The van der Waals surface area contributed by atoms with E-state index in [0.29, 0.717) is 37.8 Å². The second kappa shape index (κ2) is 10.8. The van der Waals surface area contributed by atoms with Gasteiger partial charge in [-0.1, -0.05) is 12.1 Å². The molecule has 178 valence electrons. The van der Waals surface area contributed by atoms with Crippen LogP contribution in [0.5, 0.6) is 5.75 Å². The second-order valence-corrected chi connectivity index (χ2v) is 8.37. The SMILES string of the molecule is CNCC(O)COc1cccc(-c2nc(N[C@@H]3CCOC3)c(C)c(N3CCNC(=O)C3)n2)c1. The summed E-state index contributed by atoms with van der Waals surface area (Å²) in [5, 5.41) is 19.2. The van der Waals surface area contributed by atoms with Gasteiger partial charge in [0.2, 0.25) is 5.91 Å². The van der Waals surface area contributed by atoms with Crippen LogP contribution in [-0.4, -0.2) is 86.2 Å². The molecule has 2 fully saturated rings. The van der Waals surface area contributed by atoms with E-state index >= 15 is 0 Å². The molecule has 1 unspecified atom stereocenters. The van der Waals surface area contributed by atoms with E-state index < -0.39 is 6.10 Å². The van der Waals surface area contributed by atoms with Crippen molar-refractivity contribution in [3.05, 3.63) is 29.8 Å². The van der Waals surface area contributed by atoms with Crippen molar-refractivity contribution in [1.82, 2.24) is 20.6 Å². The van der Waals surface area contributed by atoms with E-state index in [9.17, 15) is 9.90 Å². The standard InChI is InChI=1S/C23H32N6O4/c1-15-21(26-17-6-9-32-13-17)27-22(28-23(15)29-8-7-25-20(31)12-29)16-4-3-5-19(10-16)33-14-18(30)11-24-2/h3-5,10,17-18,24,30H,6-9,11-14H2,1-2H3,(H,25,31)(H,26,27,28)/t17-,18?/m1/s1. The molecule has 33 heavy (non-hydrogen) atoms. The van der Waals surface area contributed by atoms with Gasteiger partial charge >= 0.3 is 0 Å².